The highest BCUT2D eigenvalue weighted by Gasteiger charge is 2.43. The molecule has 1 aromatic carbocycles. The number of amides is 1. The Labute approximate surface area is 119 Å². The molecule has 0 radical (unpaired) electrons. The van der Waals surface area contributed by atoms with Crippen molar-refractivity contribution < 1.29 is 9.90 Å². The van der Waals surface area contributed by atoms with Gasteiger partial charge in [-0.3, -0.25) is 4.79 Å². The molecule has 1 aliphatic rings. The van der Waals surface area contributed by atoms with E-state index in [0.717, 1.165) is 24.8 Å². The monoisotopic (exact) mass is 272 g/mol. The Kier molecular flexibility index (Phi) is 4.10. The summed E-state index contributed by atoms with van der Waals surface area (Å²) in [5.41, 5.74) is 0.285. The maximum absolute atomic E-state index is 12.4. The van der Waals surface area contributed by atoms with E-state index < -0.39 is 5.60 Å². The summed E-state index contributed by atoms with van der Waals surface area (Å²) in [6.07, 6.45) is 2.93. The minimum Gasteiger partial charge on any atom is -0.380 e. The Morgan fingerprint density at radius 3 is 2.50 bits per heavy atom. The first-order valence-corrected chi connectivity index (χ1v) is 6.92. The summed E-state index contributed by atoms with van der Waals surface area (Å²) in [5, 5.41) is 19.2. The molecule has 0 aromatic heterocycles. The van der Waals surface area contributed by atoms with Crippen molar-refractivity contribution in [3.05, 3.63) is 35.4 Å². The van der Waals surface area contributed by atoms with Crippen molar-refractivity contribution in [2.75, 3.05) is 7.05 Å². The molecular formula is C16H20N2O2. The van der Waals surface area contributed by atoms with E-state index >= 15 is 0 Å². The molecule has 1 aromatic rings. The van der Waals surface area contributed by atoms with Crippen LogP contribution in [0.15, 0.2) is 24.3 Å². The van der Waals surface area contributed by atoms with Gasteiger partial charge in [-0.1, -0.05) is 18.6 Å². The number of hydrogen-bond acceptors (Lipinski definition) is 3. The summed E-state index contributed by atoms with van der Waals surface area (Å²) in [6, 6.07) is 9.20. The van der Waals surface area contributed by atoms with Gasteiger partial charge in [-0.2, -0.15) is 5.26 Å². The van der Waals surface area contributed by atoms with Gasteiger partial charge in [0.15, 0.2) is 0 Å². The van der Waals surface area contributed by atoms with Crippen LogP contribution < -0.4 is 0 Å². The number of benzene rings is 1. The van der Waals surface area contributed by atoms with E-state index in [1.54, 1.807) is 31.0 Å². The van der Waals surface area contributed by atoms with Gasteiger partial charge in [0.25, 0.3) is 5.91 Å². The standard InChI is InChI=1S/C16H20N2O2/c1-16(20,14-4-3-5-14)15(19)18(2)11-13-8-6-12(10-17)7-9-13/h6-9,14,20H,3-5,11H2,1-2H3. The molecule has 4 heteroatoms. The second-order valence-electron chi connectivity index (χ2n) is 5.75. The van der Waals surface area contributed by atoms with E-state index in [1.165, 1.54) is 0 Å². The van der Waals surface area contributed by atoms with Crippen molar-refractivity contribution in [2.45, 2.75) is 38.3 Å². The second-order valence-corrected chi connectivity index (χ2v) is 5.75. The highest BCUT2D eigenvalue weighted by atomic mass is 16.3. The van der Waals surface area contributed by atoms with Crippen LogP contribution in [-0.4, -0.2) is 28.6 Å². The van der Waals surface area contributed by atoms with Gasteiger partial charge in [-0.15, -0.1) is 0 Å². The third-order valence-corrected chi connectivity index (χ3v) is 4.18. The predicted molar refractivity (Wildman–Crippen MR) is 75.6 cm³/mol. The lowest BCUT2D eigenvalue weighted by Gasteiger charge is -2.39. The van der Waals surface area contributed by atoms with Gasteiger partial charge in [0.2, 0.25) is 0 Å². The van der Waals surface area contributed by atoms with Gasteiger partial charge < -0.3 is 10.0 Å². The highest BCUT2D eigenvalue weighted by Crippen LogP contribution is 2.37. The van der Waals surface area contributed by atoms with Crippen LogP contribution in [0.25, 0.3) is 0 Å². The fourth-order valence-corrected chi connectivity index (χ4v) is 2.56. The zero-order valence-corrected chi connectivity index (χ0v) is 12.0. The third kappa shape index (κ3) is 2.83. The first-order valence-electron chi connectivity index (χ1n) is 6.92. The molecule has 1 fully saturated rings. The molecule has 0 spiro atoms. The topological polar surface area (TPSA) is 64.3 Å². The Hall–Kier alpha value is -1.86. The molecule has 0 bridgehead atoms. The first-order chi connectivity index (χ1) is 9.45. The van der Waals surface area contributed by atoms with Crippen LogP contribution in [-0.2, 0) is 11.3 Å². The van der Waals surface area contributed by atoms with Crippen molar-refractivity contribution >= 4 is 5.91 Å². The zero-order chi connectivity index (χ0) is 14.8. The average Bonchev–Trinajstić information content (AvgIpc) is 2.36. The molecule has 1 aliphatic carbocycles. The number of carbonyl (C=O) groups is 1. The van der Waals surface area contributed by atoms with E-state index in [2.05, 4.69) is 6.07 Å². The summed E-state index contributed by atoms with van der Waals surface area (Å²) in [7, 11) is 1.70. The lowest BCUT2D eigenvalue weighted by Crippen LogP contribution is -2.52. The van der Waals surface area contributed by atoms with Gasteiger partial charge in [-0.05, 0) is 43.4 Å². The number of aliphatic hydroxyl groups is 1. The van der Waals surface area contributed by atoms with Gasteiger partial charge in [-0.25, -0.2) is 0 Å². The van der Waals surface area contributed by atoms with Crippen molar-refractivity contribution in [3.8, 4) is 6.07 Å². The minimum absolute atomic E-state index is 0.0819. The quantitative estimate of drug-likeness (QED) is 0.912. The predicted octanol–water partition coefficient (Wildman–Crippen LogP) is 2.07. The molecule has 1 atom stereocenters. The van der Waals surface area contributed by atoms with E-state index in [9.17, 15) is 9.90 Å². The van der Waals surface area contributed by atoms with Gasteiger partial charge in [0.05, 0.1) is 11.6 Å². The molecule has 4 nitrogen and oxygen atoms in total. The van der Waals surface area contributed by atoms with E-state index in [-0.39, 0.29) is 11.8 Å². The number of carbonyl (C=O) groups excluding carboxylic acids is 1. The molecule has 0 saturated heterocycles. The second kappa shape index (κ2) is 5.64. The summed E-state index contributed by atoms with van der Waals surface area (Å²) in [6.45, 7) is 2.06. The third-order valence-electron chi connectivity index (χ3n) is 4.18. The SMILES string of the molecule is CN(Cc1ccc(C#N)cc1)C(=O)C(C)(O)C1CCC1. The van der Waals surface area contributed by atoms with Crippen molar-refractivity contribution in [1.82, 2.24) is 4.90 Å². The lowest BCUT2D eigenvalue weighted by molar-refractivity contribution is -0.158. The van der Waals surface area contributed by atoms with Crippen LogP contribution in [0, 0.1) is 17.2 Å². The molecular weight excluding hydrogens is 252 g/mol. The van der Waals surface area contributed by atoms with Crippen LogP contribution in [0.4, 0.5) is 0 Å². The molecule has 2 rings (SSSR count). The van der Waals surface area contributed by atoms with Crippen molar-refractivity contribution in [2.24, 2.45) is 5.92 Å². The summed E-state index contributed by atoms with van der Waals surface area (Å²) in [5.74, 6) is -0.148. The smallest absolute Gasteiger partial charge is 0.254 e. The van der Waals surface area contributed by atoms with Crippen LogP contribution >= 0.6 is 0 Å². The Morgan fingerprint density at radius 2 is 2.05 bits per heavy atom. The summed E-state index contributed by atoms with van der Waals surface area (Å²) >= 11 is 0. The fraction of sp³-hybridized carbons (Fsp3) is 0.500. The van der Waals surface area contributed by atoms with Crippen LogP contribution in [0.3, 0.4) is 0 Å². The number of likely N-dealkylation sites (N-methyl/N-ethyl adjacent to an activating group) is 1. The number of hydrogen-bond donors (Lipinski definition) is 1. The molecule has 1 N–H and O–H groups in total. The number of rotatable bonds is 4. The molecule has 1 unspecified atom stereocenters. The van der Waals surface area contributed by atoms with Crippen molar-refractivity contribution in [3.63, 3.8) is 0 Å². The molecule has 20 heavy (non-hydrogen) atoms. The van der Waals surface area contributed by atoms with Gasteiger partial charge in [0.1, 0.15) is 5.60 Å². The summed E-state index contributed by atoms with van der Waals surface area (Å²) in [4.78, 5) is 13.9. The van der Waals surface area contributed by atoms with Crippen LogP contribution in [0.1, 0.15) is 37.3 Å². The lowest BCUT2D eigenvalue weighted by atomic mass is 9.73. The Morgan fingerprint density at radius 1 is 1.45 bits per heavy atom. The molecule has 1 amide bonds. The average molecular weight is 272 g/mol. The van der Waals surface area contributed by atoms with Crippen LogP contribution in [0.2, 0.25) is 0 Å². The largest absolute Gasteiger partial charge is 0.380 e. The van der Waals surface area contributed by atoms with Crippen LogP contribution in [0.5, 0.6) is 0 Å². The van der Waals surface area contributed by atoms with E-state index in [0.29, 0.717) is 12.1 Å². The molecule has 0 heterocycles. The fourth-order valence-electron chi connectivity index (χ4n) is 2.56. The molecule has 106 valence electrons. The first kappa shape index (κ1) is 14.5. The maximum Gasteiger partial charge on any atom is 0.254 e. The molecule has 0 aliphatic heterocycles. The van der Waals surface area contributed by atoms with Gasteiger partial charge in [0, 0.05) is 13.6 Å². The van der Waals surface area contributed by atoms with Crippen molar-refractivity contribution in [1.29, 1.82) is 5.26 Å². The Bertz CT molecular complexity index is 524. The summed E-state index contributed by atoms with van der Waals surface area (Å²) < 4.78 is 0. The maximum atomic E-state index is 12.4. The van der Waals surface area contributed by atoms with Gasteiger partial charge >= 0.3 is 0 Å². The highest BCUT2D eigenvalue weighted by molar-refractivity contribution is 5.84. The number of nitriles is 1. The normalized spacial score (nSPS) is 17.7. The van der Waals surface area contributed by atoms with E-state index in [4.69, 9.17) is 5.26 Å². The zero-order valence-electron chi connectivity index (χ0n) is 12.0. The Balaban J connectivity index is 2.01. The number of nitrogens with zero attached hydrogens (tertiary/aromatic N) is 2. The van der Waals surface area contributed by atoms with E-state index in [1.807, 2.05) is 12.1 Å². The molecule has 1 saturated carbocycles. The minimum atomic E-state index is -1.26.